The van der Waals surface area contributed by atoms with Crippen LogP contribution in [0.1, 0.15) is 20.3 Å². The molecule has 2 aromatic carbocycles. The van der Waals surface area contributed by atoms with Gasteiger partial charge in [-0.2, -0.15) is 0 Å². The quantitative estimate of drug-likeness (QED) is 0.407. The third-order valence-electron chi connectivity index (χ3n) is 4.71. The molecule has 0 bridgehead atoms. The largest absolute Gasteiger partial charge is 0.496 e. The number of rotatable bonds is 11. The maximum absolute atomic E-state index is 13.3. The third-order valence-corrected chi connectivity index (χ3v) is 6.54. The summed E-state index contributed by atoms with van der Waals surface area (Å²) in [5.74, 6) is 0.292. The van der Waals surface area contributed by atoms with Crippen LogP contribution in [0.4, 0.5) is 11.4 Å². The van der Waals surface area contributed by atoms with Gasteiger partial charge in [-0.3, -0.25) is 14.4 Å². The van der Waals surface area contributed by atoms with Crippen molar-refractivity contribution in [3.05, 3.63) is 58.6 Å². The lowest BCUT2D eigenvalue weighted by molar-refractivity contribution is -0.384. The van der Waals surface area contributed by atoms with Gasteiger partial charge in [0.15, 0.2) is 0 Å². The van der Waals surface area contributed by atoms with Gasteiger partial charge in [0.1, 0.15) is 11.4 Å². The molecule has 0 aliphatic heterocycles. The summed E-state index contributed by atoms with van der Waals surface area (Å²) in [4.78, 5) is 13.3. The summed E-state index contributed by atoms with van der Waals surface area (Å²) >= 11 is 0. The number of benzene rings is 2. The van der Waals surface area contributed by atoms with E-state index in [0.717, 1.165) is 17.4 Å². The topological polar surface area (TPSA) is 93.0 Å². The van der Waals surface area contributed by atoms with Crippen molar-refractivity contribution in [2.75, 3.05) is 37.6 Å². The first-order valence-corrected chi connectivity index (χ1v) is 10.9. The van der Waals surface area contributed by atoms with Crippen molar-refractivity contribution in [3.63, 3.8) is 0 Å². The summed E-state index contributed by atoms with van der Waals surface area (Å²) < 4.78 is 32.9. The smallest absolute Gasteiger partial charge is 0.297 e. The molecule has 0 saturated carbocycles. The van der Waals surface area contributed by atoms with Gasteiger partial charge in [-0.25, -0.2) is 8.42 Å². The van der Waals surface area contributed by atoms with Gasteiger partial charge in [0.2, 0.25) is 0 Å². The summed E-state index contributed by atoms with van der Waals surface area (Å²) in [5, 5.41) is 11.7. The van der Waals surface area contributed by atoms with Gasteiger partial charge in [0, 0.05) is 6.54 Å². The Morgan fingerprint density at radius 2 is 1.69 bits per heavy atom. The molecule has 0 saturated heterocycles. The molecule has 2 aromatic rings. The highest BCUT2D eigenvalue weighted by atomic mass is 32.2. The lowest BCUT2D eigenvalue weighted by Crippen LogP contribution is -2.35. The zero-order valence-corrected chi connectivity index (χ0v) is 17.8. The standard InChI is InChI=1S/C20H27N3O5S/c1-4-21(5-2)14-9-15-22(29(26,27)18-10-7-6-8-11-18)19-13-12-17(28-3)16-20(19)23(24)25/h6-8,10-13,16H,4-5,9,14-15H2,1-3H3. The van der Waals surface area contributed by atoms with Crippen molar-refractivity contribution in [1.82, 2.24) is 4.90 Å². The first kappa shape index (κ1) is 22.6. The number of nitrogens with zero attached hydrogens (tertiary/aromatic N) is 3. The van der Waals surface area contributed by atoms with Gasteiger partial charge in [-0.1, -0.05) is 32.0 Å². The van der Waals surface area contributed by atoms with Crippen molar-refractivity contribution in [1.29, 1.82) is 0 Å². The van der Waals surface area contributed by atoms with Crippen LogP contribution in [-0.2, 0) is 10.0 Å². The highest BCUT2D eigenvalue weighted by Gasteiger charge is 2.30. The molecule has 0 N–H and O–H groups in total. The van der Waals surface area contributed by atoms with E-state index in [2.05, 4.69) is 4.90 Å². The number of nitro benzene ring substituents is 1. The van der Waals surface area contributed by atoms with Crippen molar-refractivity contribution < 1.29 is 18.1 Å². The Kier molecular flexibility index (Phi) is 7.98. The molecule has 0 aliphatic rings. The van der Waals surface area contributed by atoms with Gasteiger partial charge >= 0.3 is 0 Å². The SMILES string of the molecule is CCN(CC)CCCN(c1ccc(OC)cc1[N+](=O)[O-])S(=O)(=O)c1ccccc1. The predicted molar refractivity (Wildman–Crippen MR) is 113 cm³/mol. The fourth-order valence-corrected chi connectivity index (χ4v) is 4.59. The highest BCUT2D eigenvalue weighted by molar-refractivity contribution is 7.92. The molecule has 0 amide bonds. The summed E-state index contributed by atoms with van der Waals surface area (Å²) in [7, 11) is -2.57. The van der Waals surface area contributed by atoms with Gasteiger partial charge in [-0.15, -0.1) is 0 Å². The van der Waals surface area contributed by atoms with E-state index in [1.54, 1.807) is 18.2 Å². The van der Waals surface area contributed by atoms with Gasteiger partial charge in [-0.05, 0) is 50.3 Å². The Morgan fingerprint density at radius 1 is 1.03 bits per heavy atom. The average molecular weight is 422 g/mol. The van der Waals surface area contributed by atoms with Crippen LogP contribution in [0.15, 0.2) is 53.4 Å². The van der Waals surface area contributed by atoms with E-state index >= 15 is 0 Å². The van der Waals surface area contributed by atoms with E-state index in [1.807, 2.05) is 13.8 Å². The summed E-state index contributed by atoms with van der Waals surface area (Å²) in [5.41, 5.74) is -0.286. The zero-order chi connectivity index (χ0) is 21.4. The monoisotopic (exact) mass is 421 g/mol. The first-order chi connectivity index (χ1) is 13.8. The third kappa shape index (κ3) is 5.45. The molecule has 0 radical (unpaired) electrons. The summed E-state index contributed by atoms with van der Waals surface area (Å²) in [6.07, 6.45) is 0.539. The van der Waals surface area contributed by atoms with Crippen LogP contribution >= 0.6 is 0 Å². The zero-order valence-electron chi connectivity index (χ0n) is 16.9. The second-order valence-corrected chi connectivity index (χ2v) is 8.24. The van der Waals surface area contributed by atoms with Crippen LogP contribution < -0.4 is 9.04 Å². The molecule has 0 heterocycles. The van der Waals surface area contributed by atoms with E-state index < -0.39 is 14.9 Å². The molecule has 9 heteroatoms. The lowest BCUT2D eigenvalue weighted by atomic mass is 10.2. The lowest BCUT2D eigenvalue weighted by Gasteiger charge is -2.26. The van der Waals surface area contributed by atoms with Crippen LogP contribution in [0.25, 0.3) is 0 Å². The maximum atomic E-state index is 13.3. The number of nitro groups is 1. The minimum absolute atomic E-state index is 0.0270. The van der Waals surface area contributed by atoms with Crippen LogP contribution in [0.5, 0.6) is 5.75 Å². The number of hydrogen-bond donors (Lipinski definition) is 0. The Morgan fingerprint density at radius 3 is 2.24 bits per heavy atom. The molecule has 2 rings (SSSR count). The van der Waals surface area contributed by atoms with Crippen molar-refractivity contribution >= 4 is 21.4 Å². The second-order valence-electron chi connectivity index (χ2n) is 6.38. The van der Waals surface area contributed by atoms with Crippen LogP contribution in [0, 0.1) is 10.1 Å². The normalized spacial score (nSPS) is 11.4. The van der Waals surface area contributed by atoms with E-state index in [1.165, 1.54) is 37.4 Å². The molecule has 0 spiro atoms. The van der Waals surface area contributed by atoms with Gasteiger partial charge in [0.25, 0.3) is 15.7 Å². The van der Waals surface area contributed by atoms with E-state index in [9.17, 15) is 18.5 Å². The fourth-order valence-electron chi connectivity index (χ4n) is 3.05. The van der Waals surface area contributed by atoms with Gasteiger partial charge in [0.05, 0.1) is 23.0 Å². The second kappa shape index (κ2) is 10.2. The average Bonchev–Trinajstić information content (AvgIpc) is 2.74. The first-order valence-electron chi connectivity index (χ1n) is 9.47. The number of sulfonamides is 1. The Bertz CT molecular complexity index is 915. The minimum atomic E-state index is -3.97. The van der Waals surface area contributed by atoms with Crippen molar-refractivity contribution in [3.8, 4) is 5.75 Å². The Balaban J connectivity index is 2.49. The number of hydrogen-bond acceptors (Lipinski definition) is 6. The summed E-state index contributed by atoms with van der Waals surface area (Å²) in [6, 6.07) is 12.2. The highest BCUT2D eigenvalue weighted by Crippen LogP contribution is 2.35. The number of anilines is 1. The molecule has 0 aliphatic carbocycles. The number of ether oxygens (including phenoxy) is 1. The number of methoxy groups -OCH3 is 1. The molecular formula is C20H27N3O5S. The van der Waals surface area contributed by atoms with Crippen LogP contribution in [0.3, 0.4) is 0 Å². The molecule has 0 atom stereocenters. The van der Waals surface area contributed by atoms with Crippen molar-refractivity contribution in [2.24, 2.45) is 0 Å². The Labute approximate surface area is 171 Å². The predicted octanol–water partition coefficient (Wildman–Crippen LogP) is 3.53. The minimum Gasteiger partial charge on any atom is -0.496 e. The van der Waals surface area contributed by atoms with Crippen molar-refractivity contribution in [2.45, 2.75) is 25.2 Å². The fraction of sp³-hybridized carbons (Fsp3) is 0.400. The maximum Gasteiger partial charge on any atom is 0.297 e. The van der Waals surface area contributed by atoms with E-state index in [-0.39, 0.29) is 22.8 Å². The van der Waals surface area contributed by atoms with Crippen LogP contribution in [0.2, 0.25) is 0 Å². The van der Waals surface area contributed by atoms with E-state index in [4.69, 9.17) is 4.74 Å². The van der Waals surface area contributed by atoms with E-state index in [0.29, 0.717) is 18.7 Å². The van der Waals surface area contributed by atoms with Gasteiger partial charge < -0.3 is 9.64 Å². The molecule has 8 nitrogen and oxygen atoms in total. The van der Waals surface area contributed by atoms with Crippen LogP contribution in [-0.4, -0.2) is 51.5 Å². The molecule has 158 valence electrons. The Hall–Kier alpha value is -2.65. The molecule has 0 fully saturated rings. The molecular weight excluding hydrogens is 394 g/mol. The summed E-state index contributed by atoms with van der Waals surface area (Å²) in [6.45, 7) is 6.60. The molecule has 29 heavy (non-hydrogen) atoms. The molecule has 0 unspecified atom stereocenters. The molecule has 0 aromatic heterocycles.